The minimum absolute atomic E-state index is 0.118. The fourth-order valence-corrected chi connectivity index (χ4v) is 4.79. The molecule has 0 aliphatic rings. The molecule has 1 nitrogen and oxygen atoms in total. The first-order chi connectivity index (χ1) is 10.2. The summed E-state index contributed by atoms with van der Waals surface area (Å²) in [6.45, 7) is 2.91. The van der Waals surface area contributed by atoms with Crippen molar-refractivity contribution in [3.63, 3.8) is 0 Å². The van der Waals surface area contributed by atoms with Crippen LogP contribution in [0.25, 0.3) is 9.40 Å². The smallest absolute Gasteiger partial charge is 0.145 e. The first kappa shape index (κ1) is 15.0. The van der Waals surface area contributed by atoms with Crippen molar-refractivity contribution in [2.75, 3.05) is 6.54 Å². The second kappa shape index (κ2) is 6.44. The summed E-state index contributed by atoms with van der Waals surface area (Å²) in [4.78, 5) is 1.25. The fourth-order valence-electron chi connectivity index (χ4n) is 2.40. The number of hydrogen-bond donors (Lipinski definition) is 1. The lowest BCUT2D eigenvalue weighted by Gasteiger charge is -2.17. The summed E-state index contributed by atoms with van der Waals surface area (Å²) in [6.07, 6.45) is 0.605. The van der Waals surface area contributed by atoms with Crippen LogP contribution in [0.15, 0.2) is 35.7 Å². The topological polar surface area (TPSA) is 12.0 Å². The van der Waals surface area contributed by atoms with E-state index >= 15 is 0 Å². The molecule has 0 aliphatic carbocycles. The maximum absolute atomic E-state index is 14.1. The number of thiophene rings is 2. The Balaban J connectivity index is 1.90. The molecule has 1 N–H and O–H groups in total. The lowest BCUT2D eigenvalue weighted by atomic mass is 10.0. The third-order valence-electron chi connectivity index (χ3n) is 3.41. The van der Waals surface area contributed by atoms with Crippen molar-refractivity contribution in [2.24, 2.45) is 0 Å². The third-order valence-corrected chi connectivity index (χ3v) is 5.91. The van der Waals surface area contributed by atoms with Crippen LogP contribution in [-0.2, 0) is 6.42 Å². The van der Waals surface area contributed by atoms with E-state index in [1.807, 2.05) is 6.07 Å². The maximum Gasteiger partial charge on any atom is 0.145 e. The van der Waals surface area contributed by atoms with Gasteiger partial charge in [-0.25, -0.2) is 4.39 Å². The maximum atomic E-state index is 14.1. The van der Waals surface area contributed by atoms with E-state index in [1.165, 1.54) is 14.3 Å². The zero-order valence-corrected chi connectivity index (χ0v) is 13.9. The SMILES string of the molecule is CCNC(Cc1cccc(Cl)c1F)c1cc2sccc2s1. The summed E-state index contributed by atoms with van der Waals surface area (Å²) in [5.74, 6) is -0.305. The van der Waals surface area contributed by atoms with Crippen molar-refractivity contribution in [2.45, 2.75) is 19.4 Å². The largest absolute Gasteiger partial charge is 0.309 e. The first-order valence-electron chi connectivity index (χ1n) is 6.82. The van der Waals surface area contributed by atoms with Crippen molar-refractivity contribution < 1.29 is 4.39 Å². The van der Waals surface area contributed by atoms with Crippen LogP contribution in [0.2, 0.25) is 5.02 Å². The van der Waals surface area contributed by atoms with Gasteiger partial charge in [0, 0.05) is 20.3 Å². The van der Waals surface area contributed by atoms with Crippen LogP contribution >= 0.6 is 34.3 Å². The van der Waals surface area contributed by atoms with Crippen LogP contribution in [0.4, 0.5) is 4.39 Å². The van der Waals surface area contributed by atoms with Crippen LogP contribution in [-0.4, -0.2) is 6.54 Å². The van der Waals surface area contributed by atoms with Gasteiger partial charge in [0.05, 0.1) is 5.02 Å². The Kier molecular flexibility index (Phi) is 4.60. The van der Waals surface area contributed by atoms with Crippen LogP contribution < -0.4 is 5.32 Å². The van der Waals surface area contributed by atoms with Gasteiger partial charge in [0.25, 0.3) is 0 Å². The molecule has 3 aromatic rings. The highest BCUT2D eigenvalue weighted by atomic mass is 35.5. The van der Waals surface area contributed by atoms with Gasteiger partial charge in [0.15, 0.2) is 0 Å². The van der Waals surface area contributed by atoms with Gasteiger partial charge in [-0.3, -0.25) is 0 Å². The molecule has 0 bridgehead atoms. The number of nitrogens with one attached hydrogen (secondary N) is 1. The van der Waals surface area contributed by atoms with E-state index in [0.29, 0.717) is 12.0 Å². The average Bonchev–Trinajstić information content (AvgIpc) is 3.04. The fraction of sp³-hybridized carbons (Fsp3) is 0.250. The summed E-state index contributed by atoms with van der Waals surface area (Å²) in [7, 11) is 0. The number of hydrogen-bond acceptors (Lipinski definition) is 3. The molecule has 1 atom stereocenters. The standard InChI is InChI=1S/C16H15ClFNS2/c1-2-19-12(8-10-4-3-5-11(17)16(10)18)14-9-15-13(21-14)6-7-20-15/h3-7,9,12,19H,2,8H2,1H3. The quantitative estimate of drug-likeness (QED) is 0.633. The Hall–Kier alpha value is -0.940. The van der Waals surface area contributed by atoms with Gasteiger partial charge in [-0.2, -0.15) is 0 Å². The molecular weight excluding hydrogens is 325 g/mol. The molecule has 110 valence electrons. The second-order valence-electron chi connectivity index (χ2n) is 4.83. The molecule has 3 rings (SSSR count). The van der Waals surface area contributed by atoms with Crippen molar-refractivity contribution >= 4 is 43.7 Å². The highest BCUT2D eigenvalue weighted by Gasteiger charge is 2.17. The zero-order valence-electron chi connectivity index (χ0n) is 11.5. The predicted molar refractivity (Wildman–Crippen MR) is 91.2 cm³/mol. The Morgan fingerprint density at radius 3 is 2.90 bits per heavy atom. The molecule has 0 saturated carbocycles. The summed E-state index contributed by atoms with van der Waals surface area (Å²) < 4.78 is 16.7. The molecule has 0 amide bonds. The number of likely N-dealkylation sites (N-methyl/N-ethyl adjacent to an activating group) is 1. The van der Waals surface area contributed by atoms with E-state index in [0.717, 1.165) is 6.54 Å². The Bertz CT molecular complexity index is 721. The zero-order chi connectivity index (χ0) is 14.8. The van der Waals surface area contributed by atoms with Crippen molar-refractivity contribution in [3.05, 3.63) is 57.0 Å². The van der Waals surface area contributed by atoms with Gasteiger partial charge >= 0.3 is 0 Å². The van der Waals surface area contributed by atoms with Crippen LogP contribution in [0, 0.1) is 5.82 Å². The van der Waals surface area contributed by atoms with Crippen LogP contribution in [0.1, 0.15) is 23.4 Å². The van der Waals surface area contributed by atoms with Crippen molar-refractivity contribution in [1.29, 1.82) is 0 Å². The second-order valence-corrected chi connectivity index (χ2v) is 7.30. The summed E-state index contributed by atoms with van der Waals surface area (Å²) in [6, 6.07) is 9.66. The Labute approximate surface area is 136 Å². The van der Waals surface area contributed by atoms with Gasteiger partial charge in [-0.05, 0) is 42.1 Å². The molecular formula is C16H15ClFNS2. The van der Waals surface area contributed by atoms with Crippen molar-refractivity contribution in [3.8, 4) is 0 Å². The minimum atomic E-state index is -0.305. The van der Waals surface area contributed by atoms with Crippen LogP contribution in [0.3, 0.4) is 0 Å². The molecule has 2 aromatic heterocycles. The van der Waals surface area contributed by atoms with E-state index in [2.05, 4.69) is 29.8 Å². The van der Waals surface area contributed by atoms with Crippen molar-refractivity contribution in [1.82, 2.24) is 5.32 Å². The molecule has 0 fully saturated rings. The van der Waals surface area contributed by atoms with E-state index in [1.54, 1.807) is 34.8 Å². The third kappa shape index (κ3) is 3.14. The van der Waals surface area contributed by atoms with Gasteiger partial charge in [0.1, 0.15) is 5.82 Å². The normalized spacial score (nSPS) is 12.9. The van der Waals surface area contributed by atoms with E-state index in [4.69, 9.17) is 11.6 Å². The Morgan fingerprint density at radius 2 is 2.14 bits per heavy atom. The summed E-state index contributed by atoms with van der Waals surface area (Å²) >= 11 is 9.39. The summed E-state index contributed by atoms with van der Waals surface area (Å²) in [5.41, 5.74) is 0.658. The predicted octanol–water partition coefficient (Wildman–Crippen LogP) is 5.65. The monoisotopic (exact) mass is 339 g/mol. The highest BCUT2D eigenvalue weighted by Crippen LogP contribution is 2.35. The molecule has 1 unspecified atom stereocenters. The molecule has 0 spiro atoms. The molecule has 5 heteroatoms. The molecule has 0 aliphatic heterocycles. The molecule has 0 saturated heterocycles. The summed E-state index contributed by atoms with van der Waals surface area (Å²) in [5, 5.41) is 5.74. The lowest BCUT2D eigenvalue weighted by Crippen LogP contribution is -2.22. The molecule has 0 radical (unpaired) electrons. The van der Waals surface area contributed by atoms with Gasteiger partial charge in [0.2, 0.25) is 0 Å². The minimum Gasteiger partial charge on any atom is -0.309 e. The van der Waals surface area contributed by atoms with E-state index in [9.17, 15) is 4.39 Å². The molecule has 1 aromatic carbocycles. The number of fused-ring (bicyclic) bond motifs is 1. The van der Waals surface area contributed by atoms with Gasteiger partial charge < -0.3 is 5.32 Å². The molecule has 2 heterocycles. The Morgan fingerprint density at radius 1 is 1.29 bits per heavy atom. The lowest BCUT2D eigenvalue weighted by molar-refractivity contribution is 0.534. The highest BCUT2D eigenvalue weighted by molar-refractivity contribution is 7.26. The van der Waals surface area contributed by atoms with Gasteiger partial charge in [-0.1, -0.05) is 30.7 Å². The number of rotatable bonds is 5. The number of benzene rings is 1. The average molecular weight is 340 g/mol. The van der Waals surface area contributed by atoms with Crippen LogP contribution in [0.5, 0.6) is 0 Å². The van der Waals surface area contributed by atoms with E-state index < -0.39 is 0 Å². The molecule has 21 heavy (non-hydrogen) atoms. The number of halogens is 2. The van der Waals surface area contributed by atoms with E-state index in [-0.39, 0.29) is 16.9 Å². The first-order valence-corrected chi connectivity index (χ1v) is 8.89. The van der Waals surface area contributed by atoms with Gasteiger partial charge in [-0.15, -0.1) is 22.7 Å².